The van der Waals surface area contributed by atoms with Crippen molar-refractivity contribution in [2.24, 2.45) is 0 Å². The smallest absolute Gasteiger partial charge is 0.165 e. The highest BCUT2D eigenvalue weighted by Crippen LogP contribution is 2.26. The second-order valence-corrected chi connectivity index (χ2v) is 7.36. The zero-order chi connectivity index (χ0) is 16.9. The van der Waals surface area contributed by atoms with E-state index in [0.717, 1.165) is 54.2 Å². The van der Waals surface area contributed by atoms with E-state index in [0.29, 0.717) is 0 Å². The Morgan fingerprint density at radius 1 is 1.12 bits per heavy atom. The summed E-state index contributed by atoms with van der Waals surface area (Å²) in [6.45, 7) is 0.818. The van der Waals surface area contributed by atoms with E-state index in [2.05, 4.69) is 49.9 Å². The summed E-state index contributed by atoms with van der Waals surface area (Å²) in [5.41, 5.74) is 4.20. The molecule has 3 heterocycles. The van der Waals surface area contributed by atoms with Crippen LogP contribution in [0.15, 0.2) is 43.0 Å². The summed E-state index contributed by atoms with van der Waals surface area (Å²) in [6, 6.07) is 10.6. The lowest BCUT2D eigenvalue weighted by Gasteiger charge is -2.23. The van der Waals surface area contributed by atoms with Gasteiger partial charge in [0.1, 0.15) is 18.1 Å². The van der Waals surface area contributed by atoms with Crippen molar-refractivity contribution >= 4 is 22.9 Å². The summed E-state index contributed by atoms with van der Waals surface area (Å²) < 4.78 is 7.94. The molecular weight excluding hydrogens is 332 g/mol. The van der Waals surface area contributed by atoms with Crippen molar-refractivity contribution in [2.75, 3.05) is 12.4 Å². The molecule has 0 amide bonds. The number of thioether (sulfide) groups is 1. The van der Waals surface area contributed by atoms with Gasteiger partial charge in [-0.3, -0.25) is 4.57 Å². The molecule has 1 unspecified atom stereocenters. The Morgan fingerprint density at radius 3 is 2.88 bits per heavy atom. The van der Waals surface area contributed by atoms with Gasteiger partial charge >= 0.3 is 0 Å². The number of nitrogens with zero attached hydrogens (tertiary/aromatic N) is 4. The topological polar surface area (TPSA) is 52.8 Å². The molecule has 0 aliphatic carbocycles. The number of fused-ring (bicyclic) bond motifs is 1. The second kappa shape index (κ2) is 7.97. The predicted octanol–water partition coefficient (Wildman–Crippen LogP) is 4.00. The first-order valence-corrected chi connectivity index (χ1v) is 9.97. The maximum Gasteiger partial charge on any atom is 0.165 e. The van der Waals surface area contributed by atoms with E-state index in [9.17, 15) is 0 Å². The number of hydrogen-bond donors (Lipinski definition) is 0. The molecule has 0 radical (unpaired) electrons. The molecule has 1 aromatic carbocycles. The zero-order valence-electron chi connectivity index (χ0n) is 14.2. The summed E-state index contributed by atoms with van der Waals surface area (Å²) in [6.07, 6.45) is 7.84. The first-order chi connectivity index (χ1) is 12.4. The highest BCUT2D eigenvalue weighted by molar-refractivity contribution is 7.98. The molecule has 1 atom stereocenters. The van der Waals surface area contributed by atoms with Gasteiger partial charge in [-0.25, -0.2) is 15.0 Å². The number of ether oxygens (including phenoxy) is 1. The minimum Gasteiger partial charge on any atom is -0.358 e. The standard InChI is InChI=1S/C19H22N4OS/c1-2-6-15(7-3-1)12-25-11-9-16-18-19(21-13-20-16)23(14-22-18)17-8-4-5-10-24-17/h1-3,6-7,13-14,17H,4-5,8-12H2. The van der Waals surface area contributed by atoms with Gasteiger partial charge in [0.2, 0.25) is 0 Å². The van der Waals surface area contributed by atoms with Crippen LogP contribution in [0.1, 0.15) is 36.7 Å². The number of aromatic nitrogens is 4. The van der Waals surface area contributed by atoms with Crippen molar-refractivity contribution in [1.29, 1.82) is 0 Å². The van der Waals surface area contributed by atoms with Crippen LogP contribution in [-0.4, -0.2) is 31.9 Å². The molecule has 4 rings (SSSR count). The van der Waals surface area contributed by atoms with Gasteiger partial charge < -0.3 is 4.74 Å². The maximum absolute atomic E-state index is 5.88. The number of benzene rings is 1. The van der Waals surface area contributed by atoms with Crippen LogP contribution in [-0.2, 0) is 16.9 Å². The Bertz CT molecular complexity index is 815. The third-order valence-electron chi connectivity index (χ3n) is 4.50. The van der Waals surface area contributed by atoms with E-state index in [-0.39, 0.29) is 6.23 Å². The van der Waals surface area contributed by atoms with E-state index >= 15 is 0 Å². The predicted molar refractivity (Wildman–Crippen MR) is 100 cm³/mol. The monoisotopic (exact) mass is 354 g/mol. The molecule has 25 heavy (non-hydrogen) atoms. The fourth-order valence-electron chi connectivity index (χ4n) is 3.17. The molecule has 1 aliphatic rings. The van der Waals surface area contributed by atoms with Crippen molar-refractivity contribution in [3.63, 3.8) is 0 Å². The molecule has 0 N–H and O–H groups in total. The highest BCUT2D eigenvalue weighted by Gasteiger charge is 2.19. The van der Waals surface area contributed by atoms with Crippen LogP contribution in [0.4, 0.5) is 0 Å². The van der Waals surface area contributed by atoms with Gasteiger partial charge in [-0.1, -0.05) is 30.3 Å². The van der Waals surface area contributed by atoms with Gasteiger partial charge in [-0.15, -0.1) is 0 Å². The fourth-order valence-corrected chi connectivity index (χ4v) is 4.08. The Morgan fingerprint density at radius 2 is 2.04 bits per heavy atom. The summed E-state index contributed by atoms with van der Waals surface area (Å²) in [5.74, 6) is 2.05. The largest absolute Gasteiger partial charge is 0.358 e. The van der Waals surface area contributed by atoms with Crippen LogP contribution in [0.2, 0.25) is 0 Å². The second-order valence-electron chi connectivity index (χ2n) is 6.25. The van der Waals surface area contributed by atoms with E-state index in [1.165, 1.54) is 12.0 Å². The van der Waals surface area contributed by atoms with Crippen molar-refractivity contribution in [1.82, 2.24) is 19.5 Å². The lowest BCUT2D eigenvalue weighted by atomic mass is 10.2. The molecule has 2 aromatic heterocycles. The Hall–Kier alpha value is -1.92. The molecule has 1 aliphatic heterocycles. The number of hydrogen-bond acceptors (Lipinski definition) is 5. The fraction of sp³-hybridized carbons (Fsp3) is 0.421. The summed E-state index contributed by atoms with van der Waals surface area (Å²) >= 11 is 1.92. The van der Waals surface area contributed by atoms with Gasteiger partial charge in [-0.05, 0) is 30.6 Å². The van der Waals surface area contributed by atoms with Crippen molar-refractivity contribution in [3.05, 3.63) is 54.2 Å². The van der Waals surface area contributed by atoms with Gasteiger partial charge in [0.25, 0.3) is 0 Å². The molecule has 5 nitrogen and oxygen atoms in total. The molecule has 0 bridgehead atoms. The van der Waals surface area contributed by atoms with E-state index in [1.54, 1.807) is 6.33 Å². The van der Waals surface area contributed by atoms with Crippen LogP contribution in [0.5, 0.6) is 0 Å². The molecule has 1 fully saturated rings. The molecule has 130 valence electrons. The summed E-state index contributed by atoms with van der Waals surface area (Å²) in [7, 11) is 0. The maximum atomic E-state index is 5.88. The van der Waals surface area contributed by atoms with E-state index in [4.69, 9.17) is 4.74 Å². The molecule has 1 saturated heterocycles. The van der Waals surface area contributed by atoms with Crippen LogP contribution >= 0.6 is 11.8 Å². The normalized spacial score (nSPS) is 17.8. The van der Waals surface area contributed by atoms with Gasteiger partial charge in [-0.2, -0.15) is 11.8 Å². The minimum absolute atomic E-state index is 0.0638. The molecule has 0 spiro atoms. The Labute approximate surface area is 151 Å². The van der Waals surface area contributed by atoms with Gasteiger partial charge in [0, 0.05) is 18.8 Å². The van der Waals surface area contributed by atoms with Crippen LogP contribution in [0.3, 0.4) is 0 Å². The third-order valence-corrected chi connectivity index (χ3v) is 5.53. The summed E-state index contributed by atoms with van der Waals surface area (Å²) in [4.78, 5) is 13.5. The van der Waals surface area contributed by atoms with Crippen LogP contribution in [0, 0.1) is 0 Å². The average molecular weight is 354 g/mol. The van der Waals surface area contributed by atoms with Gasteiger partial charge in [0.05, 0.1) is 12.0 Å². The number of imidazole rings is 1. The quantitative estimate of drug-likeness (QED) is 0.626. The van der Waals surface area contributed by atoms with Gasteiger partial charge in [0.15, 0.2) is 5.65 Å². The third kappa shape index (κ3) is 3.85. The van der Waals surface area contributed by atoms with E-state index in [1.807, 2.05) is 18.1 Å². The molecule has 0 saturated carbocycles. The SMILES string of the molecule is c1ccc(CSCCc2ncnc3c2ncn3C2CCCCO2)cc1. The minimum atomic E-state index is 0.0638. The first-order valence-electron chi connectivity index (χ1n) is 8.81. The van der Waals surface area contributed by atoms with Crippen LogP contribution < -0.4 is 0 Å². The molecule has 3 aromatic rings. The first kappa shape index (κ1) is 16.5. The highest BCUT2D eigenvalue weighted by atomic mass is 32.2. The lowest BCUT2D eigenvalue weighted by molar-refractivity contribution is -0.0298. The van der Waals surface area contributed by atoms with Crippen molar-refractivity contribution < 1.29 is 4.74 Å². The number of aryl methyl sites for hydroxylation is 1. The average Bonchev–Trinajstić information content (AvgIpc) is 3.12. The van der Waals surface area contributed by atoms with Crippen LogP contribution in [0.25, 0.3) is 11.2 Å². The molecular formula is C19H22N4OS. The molecule has 6 heteroatoms. The Kier molecular flexibility index (Phi) is 5.28. The number of rotatable bonds is 6. The Balaban J connectivity index is 1.42. The van der Waals surface area contributed by atoms with Crippen molar-refractivity contribution in [3.8, 4) is 0 Å². The van der Waals surface area contributed by atoms with Crippen molar-refractivity contribution in [2.45, 2.75) is 37.7 Å². The summed E-state index contributed by atoms with van der Waals surface area (Å²) in [5, 5.41) is 0. The van der Waals surface area contributed by atoms with E-state index < -0.39 is 0 Å². The lowest BCUT2D eigenvalue weighted by Crippen LogP contribution is -2.17. The zero-order valence-corrected chi connectivity index (χ0v) is 15.0.